The van der Waals surface area contributed by atoms with E-state index in [0.717, 1.165) is 4.47 Å². The minimum absolute atomic E-state index is 0.0993. The van der Waals surface area contributed by atoms with Crippen LogP contribution in [-0.4, -0.2) is 31.5 Å². The summed E-state index contributed by atoms with van der Waals surface area (Å²) in [6, 6.07) is 4.96. The zero-order valence-corrected chi connectivity index (χ0v) is 13.0. The molecule has 1 rings (SSSR count). The molecule has 0 heterocycles. The van der Waals surface area contributed by atoms with Crippen molar-refractivity contribution in [2.45, 2.75) is 12.5 Å². The summed E-state index contributed by atoms with van der Waals surface area (Å²) in [5, 5.41) is 3.37. The van der Waals surface area contributed by atoms with Crippen LogP contribution in [0.3, 0.4) is 0 Å². The second-order valence-electron chi connectivity index (χ2n) is 3.76. The van der Waals surface area contributed by atoms with E-state index in [1.165, 1.54) is 0 Å². The highest BCUT2D eigenvalue weighted by molar-refractivity contribution is 9.10. The molecule has 1 atom stereocenters. The molecule has 0 aliphatic carbocycles. The normalized spacial score (nSPS) is 12.2. The number of carbonyl (C=O) groups is 1. The Morgan fingerprint density at radius 3 is 2.78 bits per heavy atom. The molecule has 1 N–H and O–H groups in total. The maximum atomic E-state index is 12.0. The maximum Gasteiger partial charge on any atom is 0.251 e. The first-order valence-corrected chi connectivity index (χ1v) is 7.09. The van der Waals surface area contributed by atoms with E-state index in [9.17, 15) is 4.79 Å². The Labute approximate surface area is 125 Å². The smallest absolute Gasteiger partial charge is 0.251 e. The number of methoxy groups -OCH3 is 1. The number of alkyl halides is 1. The summed E-state index contributed by atoms with van der Waals surface area (Å²) >= 11 is 14.9. The van der Waals surface area contributed by atoms with Gasteiger partial charge in [0.2, 0.25) is 0 Å². The van der Waals surface area contributed by atoms with Crippen LogP contribution in [0.15, 0.2) is 22.7 Å². The van der Waals surface area contributed by atoms with Crippen molar-refractivity contribution >= 4 is 45.0 Å². The van der Waals surface area contributed by atoms with Crippen molar-refractivity contribution in [2.75, 3.05) is 19.6 Å². The Morgan fingerprint density at radius 2 is 2.22 bits per heavy atom. The Morgan fingerprint density at radius 1 is 1.50 bits per heavy atom. The van der Waals surface area contributed by atoms with Crippen LogP contribution in [0.5, 0.6) is 0 Å². The predicted molar refractivity (Wildman–Crippen MR) is 77.6 cm³/mol. The number of rotatable bonds is 6. The molecule has 0 spiro atoms. The molecule has 1 unspecified atom stereocenters. The third-order valence-electron chi connectivity index (χ3n) is 2.29. The van der Waals surface area contributed by atoms with Gasteiger partial charge in [0, 0.05) is 28.0 Å². The largest absolute Gasteiger partial charge is 0.383 e. The van der Waals surface area contributed by atoms with Gasteiger partial charge in [-0.15, -0.1) is 11.6 Å². The van der Waals surface area contributed by atoms with Crippen LogP contribution in [-0.2, 0) is 4.74 Å². The second kappa shape index (κ2) is 8.00. The zero-order valence-electron chi connectivity index (χ0n) is 9.88. The lowest BCUT2D eigenvalue weighted by atomic mass is 10.2. The molecule has 0 aliphatic rings. The van der Waals surface area contributed by atoms with Crippen LogP contribution in [0, 0.1) is 0 Å². The number of nitrogens with one attached hydrogen (secondary N) is 1. The van der Waals surface area contributed by atoms with Gasteiger partial charge in [-0.1, -0.05) is 27.5 Å². The molecule has 0 aliphatic heterocycles. The summed E-state index contributed by atoms with van der Waals surface area (Å²) in [6.07, 6.45) is 0.656. The van der Waals surface area contributed by atoms with Crippen LogP contribution < -0.4 is 5.32 Å². The van der Waals surface area contributed by atoms with Gasteiger partial charge in [0.15, 0.2) is 0 Å². The zero-order chi connectivity index (χ0) is 13.5. The molecular weight excluding hydrogens is 341 g/mol. The summed E-state index contributed by atoms with van der Waals surface area (Å²) in [7, 11) is 1.59. The van der Waals surface area contributed by atoms with E-state index >= 15 is 0 Å². The summed E-state index contributed by atoms with van der Waals surface area (Å²) in [6.45, 7) is 0.431. The van der Waals surface area contributed by atoms with Crippen LogP contribution >= 0.6 is 39.1 Å². The Balaban J connectivity index is 2.73. The fourth-order valence-corrected chi connectivity index (χ4v) is 2.61. The number of hydrogen-bond donors (Lipinski definition) is 1. The maximum absolute atomic E-state index is 12.0. The fraction of sp³-hybridized carbons (Fsp3) is 0.417. The summed E-state index contributed by atoms with van der Waals surface area (Å²) in [4.78, 5) is 12.0. The molecule has 0 saturated carbocycles. The monoisotopic (exact) mass is 353 g/mol. The SMILES string of the molecule is COCC(CCCl)NC(=O)c1cc(Cl)cc(Br)c1. The summed E-state index contributed by atoms with van der Waals surface area (Å²) < 4.78 is 5.80. The minimum Gasteiger partial charge on any atom is -0.383 e. The third-order valence-corrected chi connectivity index (χ3v) is 3.18. The molecule has 1 aromatic carbocycles. The van der Waals surface area contributed by atoms with Gasteiger partial charge in [0.1, 0.15) is 0 Å². The number of benzene rings is 1. The van der Waals surface area contributed by atoms with Gasteiger partial charge < -0.3 is 10.1 Å². The molecule has 1 amide bonds. The van der Waals surface area contributed by atoms with Gasteiger partial charge >= 0.3 is 0 Å². The minimum atomic E-state index is -0.189. The van der Waals surface area contributed by atoms with E-state index in [1.54, 1.807) is 25.3 Å². The van der Waals surface area contributed by atoms with Gasteiger partial charge in [-0.25, -0.2) is 0 Å². The first-order valence-electron chi connectivity index (χ1n) is 5.38. The molecule has 6 heteroatoms. The number of ether oxygens (including phenoxy) is 1. The van der Waals surface area contributed by atoms with Crippen molar-refractivity contribution in [3.63, 3.8) is 0 Å². The van der Waals surface area contributed by atoms with Crippen LogP contribution in [0.2, 0.25) is 5.02 Å². The Bertz CT molecular complexity index is 389. The quantitative estimate of drug-likeness (QED) is 0.794. The average Bonchev–Trinajstić information content (AvgIpc) is 2.28. The predicted octanol–water partition coefficient (Wildman–Crippen LogP) is 3.48. The van der Waals surface area contributed by atoms with E-state index < -0.39 is 0 Å². The van der Waals surface area contributed by atoms with E-state index in [-0.39, 0.29) is 11.9 Å². The van der Waals surface area contributed by atoms with Crippen molar-refractivity contribution in [2.24, 2.45) is 0 Å². The lowest BCUT2D eigenvalue weighted by molar-refractivity contribution is 0.0895. The summed E-state index contributed by atoms with van der Waals surface area (Å²) in [5.41, 5.74) is 0.505. The van der Waals surface area contributed by atoms with Gasteiger partial charge in [-0.3, -0.25) is 4.79 Å². The lowest BCUT2D eigenvalue weighted by Gasteiger charge is -2.16. The molecular formula is C12H14BrCl2NO2. The Hall–Kier alpha value is -0.290. The number of amides is 1. The van der Waals surface area contributed by atoms with Crippen molar-refractivity contribution in [1.82, 2.24) is 5.32 Å². The molecule has 0 fully saturated rings. The molecule has 0 aromatic heterocycles. The standard InChI is InChI=1S/C12H14BrCl2NO2/c1-18-7-11(2-3-14)16-12(17)8-4-9(13)6-10(15)5-8/h4-6,11H,2-3,7H2,1H3,(H,16,17). The van der Waals surface area contributed by atoms with Gasteiger partial charge in [0.05, 0.1) is 12.6 Å². The molecule has 0 bridgehead atoms. The molecule has 100 valence electrons. The van der Waals surface area contributed by atoms with Crippen molar-refractivity contribution < 1.29 is 9.53 Å². The third kappa shape index (κ3) is 5.14. The topological polar surface area (TPSA) is 38.3 Å². The van der Waals surface area contributed by atoms with Gasteiger partial charge in [0.25, 0.3) is 5.91 Å². The van der Waals surface area contributed by atoms with Crippen molar-refractivity contribution in [1.29, 1.82) is 0 Å². The fourth-order valence-electron chi connectivity index (χ4n) is 1.48. The average molecular weight is 355 g/mol. The molecule has 0 radical (unpaired) electrons. The highest BCUT2D eigenvalue weighted by Gasteiger charge is 2.14. The van der Waals surface area contributed by atoms with Crippen LogP contribution in [0.25, 0.3) is 0 Å². The van der Waals surface area contributed by atoms with E-state index in [2.05, 4.69) is 21.2 Å². The van der Waals surface area contributed by atoms with Crippen LogP contribution in [0.1, 0.15) is 16.8 Å². The van der Waals surface area contributed by atoms with E-state index in [1.807, 2.05) is 0 Å². The molecule has 0 saturated heterocycles. The van der Waals surface area contributed by atoms with Crippen molar-refractivity contribution in [3.8, 4) is 0 Å². The number of hydrogen-bond acceptors (Lipinski definition) is 2. The Kier molecular flexibility index (Phi) is 7.00. The molecule has 3 nitrogen and oxygen atoms in total. The lowest BCUT2D eigenvalue weighted by Crippen LogP contribution is -2.38. The molecule has 18 heavy (non-hydrogen) atoms. The summed E-state index contributed by atoms with van der Waals surface area (Å²) in [5.74, 6) is 0.276. The highest BCUT2D eigenvalue weighted by atomic mass is 79.9. The van der Waals surface area contributed by atoms with E-state index in [0.29, 0.717) is 29.5 Å². The molecule has 1 aromatic rings. The number of halogens is 3. The van der Waals surface area contributed by atoms with Gasteiger partial charge in [-0.2, -0.15) is 0 Å². The highest BCUT2D eigenvalue weighted by Crippen LogP contribution is 2.19. The second-order valence-corrected chi connectivity index (χ2v) is 5.49. The van der Waals surface area contributed by atoms with E-state index in [4.69, 9.17) is 27.9 Å². The van der Waals surface area contributed by atoms with Gasteiger partial charge in [-0.05, 0) is 24.6 Å². The van der Waals surface area contributed by atoms with Crippen molar-refractivity contribution in [3.05, 3.63) is 33.3 Å². The first kappa shape index (κ1) is 15.8. The number of carbonyl (C=O) groups excluding carboxylic acids is 1. The van der Waals surface area contributed by atoms with Crippen LogP contribution in [0.4, 0.5) is 0 Å². The first-order chi connectivity index (χ1) is 8.56.